The molecule has 1 heterocycles. The summed E-state index contributed by atoms with van der Waals surface area (Å²) in [6.45, 7) is 11.6. The molecule has 9 heteroatoms. The molecule has 3 rings (SSSR count). The number of rotatable bonds is 7. The highest BCUT2D eigenvalue weighted by Crippen LogP contribution is 2.61. The van der Waals surface area contributed by atoms with E-state index in [1.807, 2.05) is 33.8 Å². The van der Waals surface area contributed by atoms with Crippen LogP contribution in [0.2, 0.25) is 0 Å². The lowest BCUT2D eigenvalue weighted by Gasteiger charge is -2.66. The molecule has 1 aliphatic heterocycles. The summed E-state index contributed by atoms with van der Waals surface area (Å²) in [6, 6.07) is 0. The van der Waals surface area contributed by atoms with Gasteiger partial charge in [0.1, 0.15) is 23.4 Å². The second kappa shape index (κ2) is 9.16. The van der Waals surface area contributed by atoms with Crippen molar-refractivity contribution in [3.63, 3.8) is 0 Å². The van der Waals surface area contributed by atoms with E-state index < -0.39 is 64.1 Å². The van der Waals surface area contributed by atoms with E-state index in [1.54, 1.807) is 6.92 Å². The van der Waals surface area contributed by atoms with Crippen LogP contribution in [0.25, 0.3) is 0 Å². The lowest BCUT2D eigenvalue weighted by molar-refractivity contribution is -0.348. The summed E-state index contributed by atoms with van der Waals surface area (Å²) in [4.78, 5) is 25.0. The Bertz CT molecular complexity index is 880. The molecule has 2 aliphatic carbocycles. The van der Waals surface area contributed by atoms with E-state index in [2.05, 4.69) is 0 Å². The Balaban J connectivity index is 2.22. The Hall–Kier alpha value is -0.970. The predicted molar refractivity (Wildman–Crippen MR) is 128 cm³/mol. The lowest BCUT2D eigenvalue weighted by atomic mass is 9.46. The van der Waals surface area contributed by atoms with Gasteiger partial charge in [-0.1, -0.05) is 33.8 Å². The summed E-state index contributed by atoms with van der Waals surface area (Å²) < 4.78 is 24.8. The zero-order valence-electron chi connectivity index (χ0n) is 22.2. The summed E-state index contributed by atoms with van der Waals surface area (Å²) in [5.41, 5.74) is -4.54. The molecule has 2 fully saturated rings. The van der Waals surface area contributed by atoms with E-state index in [-0.39, 0.29) is 25.2 Å². The van der Waals surface area contributed by atoms with Crippen LogP contribution in [0, 0.1) is 22.7 Å². The van der Waals surface area contributed by atoms with Crippen LogP contribution in [0.3, 0.4) is 0 Å². The van der Waals surface area contributed by atoms with Gasteiger partial charge in [0, 0.05) is 37.7 Å². The van der Waals surface area contributed by atoms with Gasteiger partial charge in [-0.15, -0.1) is 0 Å². The Morgan fingerprint density at radius 3 is 2.44 bits per heavy atom. The van der Waals surface area contributed by atoms with E-state index in [0.717, 1.165) is 17.6 Å². The van der Waals surface area contributed by atoms with Crippen molar-refractivity contribution >= 4 is 23.8 Å². The maximum absolute atomic E-state index is 12.5. The maximum Gasteiger partial charge on any atom is 0.303 e. The summed E-state index contributed by atoms with van der Waals surface area (Å²) >= 11 is 0.954. The van der Waals surface area contributed by atoms with Gasteiger partial charge in [-0.05, 0) is 43.8 Å². The summed E-state index contributed by atoms with van der Waals surface area (Å²) in [5, 5.41) is 35.6. The number of carbonyl (C=O) groups is 2. The monoisotopic (exact) mass is 502 g/mol. The van der Waals surface area contributed by atoms with E-state index in [1.165, 1.54) is 13.8 Å². The zero-order valence-corrected chi connectivity index (χ0v) is 22.0. The van der Waals surface area contributed by atoms with Gasteiger partial charge in [0.2, 0.25) is 0 Å². The number of hydrogen-bond acceptors (Lipinski definition) is 9. The maximum atomic E-state index is 12.5. The van der Waals surface area contributed by atoms with Crippen molar-refractivity contribution in [1.29, 1.82) is 0 Å². The molecule has 3 N–H and O–H groups in total. The van der Waals surface area contributed by atoms with Gasteiger partial charge in [-0.3, -0.25) is 9.59 Å². The van der Waals surface area contributed by atoms with E-state index >= 15 is 0 Å². The van der Waals surface area contributed by atoms with Crippen LogP contribution in [0.5, 0.6) is 0 Å². The largest absolute Gasteiger partial charge is 0.459 e. The summed E-state index contributed by atoms with van der Waals surface area (Å²) in [7, 11) is 0. The third-order valence-electron chi connectivity index (χ3n) is 8.84. The van der Waals surface area contributed by atoms with Crippen LogP contribution in [0.1, 0.15) is 62.7 Å². The van der Waals surface area contributed by atoms with E-state index in [9.17, 15) is 24.9 Å². The molecule has 1 saturated heterocycles. The minimum absolute atomic E-state index is 0.0270. The number of ether oxygens (including phenoxy) is 2. The molecular weight excluding hydrogens is 460 g/mol. The number of carbonyl (C=O) groups excluding carboxylic acids is 2. The van der Waals surface area contributed by atoms with Crippen molar-refractivity contribution in [2.75, 3.05) is 12.8 Å². The number of hydrogen-bond donors (Lipinski definition) is 3. The average Bonchev–Trinajstić information content (AvgIpc) is 2.75. The molecule has 194 valence electrons. The first-order valence-corrected chi connectivity index (χ1v) is 12.7. The van der Waals surface area contributed by atoms with Crippen LogP contribution in [-0.2, 0) is 23.2 Å². The van der Waals surface area contributed by atoms with Crippen molar-refractivity contribution in [1.82, 2.24) is 0 Å². The fourth-order valence-electron chi connectivity index (χ4n) is 6.61. The highest BCUT2D eigenvalue weighted by atomic mass is 32.2. The molecule has 0 aromatic carbocycles. The molecule has 0 aromatic heterocycles. The second-order valence-corrected chi connectivity index (χ2v) is 11.7. The number of aliphatic hydroxyl groups excluding tert-OH is 1. The van der Waals surface area contributed by atoms with Crippen LogP contribution in [-0.4, -0.2) is 75.5 Å². The Labute approximate surface area is 208 Å². The Morgan fingerprint density at radius 2 is 1.94 bits per heavy atom. The first-order chi connectivity index (χ1) is 16.1. The standard InChI is InChI=1S/C25H40O8S/c1-13-10-22(5,6)25(30,11-17(13)33-34-8)21(32-16(4)27)19-23(7,20(28)15(3)26)14(2)9-18-24(19,29)12-31-18/h10,14,17-21,28-30H,9,11-12H2,1-8H3/t14-,17-,18+,19?,20+,21?,23+,24-,25+/m0/s1/i8T. The number of esters is 1. The SMILES string of the molecule is [3H]CSO[C@H]1C[C@@](O)(C(OC(C)=O)C2[C@](C)([C@H](O)C(C)=O)[C@@H](C)C[C@H]3OC[C@@]23O)C(C)(C)C=C1C. The first-order valence-electron chi connectivity index (χ1n) is 12.5. The first kappa shape index (κ1) is 26.1. The number of ketones is 1. The number of aliphatic hydroxyl groups is 3. The van der Waals surface area contributed by atoms with Crippen LogP contribution in [0.15, 0.2) is 11.6 Å². The van der Waals surface area contributed by atoms with Gasteiger partial charge < -0.3 is 29.0 Å². The smallest absolute Gasteiger partial charge is 0.303 e. The van der Waals surface area contributed by atoms with E-state index in [4.69, 9.17) is 15.0 Å². The second-order valence-electron chi connectivity index (χ2n) is 11.3. The van der Waals surface area contributed by atoms with Gasteiger partial charge in [0.25, 0.3) is 0 Å². The highest BCUT2D eigenvalue weighted by Gasteiger charge is 2.72. The molecule has 0 bridgehead atoms. The van der Waals surface area contributed by atoms with Crippen molar-refractivity contribution in [3.8, 4) is 0 Å². The van der Waals surface area contributed by atoms with Gasteiger partial charge in [-0.25, -0.2) is 0 Å². The molecule has 2 unspecified atom stereocenters. The molecule has 1 saturated carbocycles. The normalized spacial score (nSPS) is 43.5. The molecule has 0 radical (unpaired) electrons. The molecule has 0 spiro atoms. The van der Waals surface area contributed by atoms with Gasteiger partial charge >= 0.3 is 5.97 Å². The minimum Gasteiger partial charge on any atom is -0.459 e. The van der Waals surface area contributed by atoms with Crippen molar-refractivity contribution < 1.29 is 39.9 Å². The van der Waals surface area contributed by atoms with Crippen molar-refractivity contribution in [2.24, 2.45) is 22.7 Å². The number of Topliss-reactive ketones (excluding diaryl/α,β-unsaturated/α-hetero) is 1. The number of fused-ring (bicyclic) bond motifs is 1. The van der Waals surface area contributed by atoms with Gasteiger partial charge in [-0.2, -0.15) is 0 Å². The fraction of sp³-hybridized carbons (Fsp3) is 0.840. The van der Waals surface area contributed by atoms with Crippen LogP contribution in [0.4, 0.5) is 0 Å². The summed E-state index contributed by atoms with van der Waals surface area (Å²) in [6.07, 6.45) is -1.60. The fourth-order valence-corrected chi connectivity index (χ4v) is 6.99. The molecule has 9 atom stereocenters. The molecule has 0 amide bonds. The Kier molecular flexibility index (Phi) is 7.03. The average molecular weight is 503 g/mol. The van der Waals surface area contributed by atoms with Crippen molar-refractivity contribution in [2.45, 2.75) is 96.9 Å². The third-order valence-corrected chi connectivity index (χ3v) is 9.21. The summed E-state index contributed by atoms with van der Waals surface area (Å²) in [5.74, 6) is -2.43. The lowest BCUT2D eigenvalue weighted by Crippen LogP contribution is -2.78. The quantitative estimate of drug-likeness (QED) is 0.274. The van der Waals surface area contributed by atoms with E-state index in [0.29, 0.717) is 6.42 Å². The molecule has 34 heavy (non-hydrogen) atoms. The highest BCUT2D eigenvalue weighted by molar-refractivity contribution is 7.93. The molecular formula is C25H40O8S. The zero-order chi connectivity index (χ0) is 26.6. The minimum atomic E-state index is -1.74. The topological polar surface area (TPSA) is 123 Å². The van der Waals surface area contributed by atoms with Gasteiger partial charge in [0.05, 0.1) is 18.8 Å². The van der Waals surface area contributed by atoms with Crippen molar-refractivity contribution in [3.05, 3.63) is 11.6 Å². The van der Waals surface area contributed by atoms with Gasteiger partial charge in [0.15, 0.2) is 5.78 Å². The van der Waals surface area contributed by atoms with Crippen LogP contribution >= 0.6 is 12.0 Å². The molecule has 8 nitrogen and oxygen atoms in total. The molecule has 3 aliphatic rings. The Morgan fingerprint density at radius 1 is 1.29 bits per heavy atom. The predicted octanol–water partition coefficient (Wildman–Crippen LogP) is 2.43. The molecule has 0 aromatic rings. The van der Waals surface area contributed by atoms with Crippen LogP contribution < -0.4 is 0 Å². The third kappa shape index (κ3) is 4.06.